The van der Waals surface area contributed by atoms with Crippen LogP contribution < -0.4 is 19.7 Å². The molecule has 2 heterocycles. The zero-order valence-electron chi connectivity index (χ0n) is 13.9. The van der Waals surface area contributed by atoms with Gasteiger partial charge in [-0.1, -0.05) is 0 Å². The van der Waals surface area contributed by atoms with Crippen LogP contribution in [0.3, 0.4) is 0 Å². The molecule has 1 saturated heterocycles. The van der Waals surface area contributed by atoms with E-state index < -0.39 is 0 Å². The molecule has 24 heavy (non-hydrogen) atoms. The van der Waals surface area contributed by atoms with E-state index in [1.54, 1.807) is 31.5 Å². The lowest BCUT2D eigenvalue weighted by Crippen LogP contribution is -2.19. The number of methoxy groups -OCH3 is 2. The molecule has 3 rings (SSSR count). The lowest BCUT2D eigenvalue weighted by molar-refractivity contribution is 0.102. The van der Waals surface area contributed by atoms with Gasteiger partial charge in [-0.05, 0) is 37.1 Å². The summed E-state index contributed by atoms with van der Waals surface area (Å²) in [7, 11) is 3.10. The van der Waals surface area contributed by atoms with Gasteiger partial charge in [0.1, 0.15) is 17.3 Å². The van der Waals surface area contributed by atoms with Crippen molar-refractivity contribution < 1.29 is 14.3 Å². The van der Waals surface area contributed by atoms with Crippen molar-refractivity contribution in [3.63, 3.8) is 0 Å². The van der Waals surface area contributed by atoms with Crippen LogP contribution in [-0.4, -0.2) is 38.2 Å². The second-order valence-electron chi connectivity index (χ2n) is 5.62. The highest BCUT2D eigenvalue weighted by molar-refractivity contribution is 6.06. The van der Waals surface area contributed by atoms with Crippen LogP contribution in [0.4, 0.5) is 11.5 Å². The highest BCUT2D eigenvalue weighted by Gasteiger charge is 2.15. The monoisotopic (exact) mass is 327 g/mol. The number of amides is 1. The summed E-state index contributed by atoms with van der Waals surface area (Å²) in [6, 6.07) is 8.90. The third kappa shape index (κ3) is 3.42. The Kier molecular flexibility index (Phi) is 4.84. The molecule has 1 aromatic heterocycles. The van der Waals surface area contributed by atoms with E-state index in [9.17, 15) is 4.79 Å². The number of hydrogen-bond donors (Lipinski definition) is 1. The van der Waals surface area contributed by atoms with Crippen molar-refractivity contribution in [3.8, 4) is 11.5 Å². The van der Waals surface area contributed by atoms with Gasteiger partial charge < -0.3 is 19.7 Å². The largest absolute Gasteiger partial charge is 0.497 e. The standard InChI is InChI=1S/C18H21N3O3/c1-23-14-6-7-15(16(11-14)24-2)18(22)20-13-5-8-17(19-12-13)21-9-3-4-10-21/h5-8,11-12H,3-4,9-10H2,1-2H3,(H,20,22). The fraction of sp³-hybridized carbons (Fsp3) is 0.333. The van der Waals surface area contributed by atoms with E-state index in [1.807, 2.05) is 12.1 Å². The Bertz CT molecular complexity index is 710. The first-order valence-electron chi connectivity index (χ1n) is 7.95. The molecule has 1 N–H and O–H groups in total. The number of nitrogens with zero attached hydrogens (tertiary/aromatic N) is 2. The van der Waals surface area contributed by atoms with E-state index in [0.29, 0.717) is 22.7 Å². The molecule has 1 fully saturated rings. The van der Waals surface area contributed by atoms with E-state index in [2.05, 4.69) is 15.2 Å². The van der Waals surface area contributed by atoms with Crippen LogP contribution >= 0.6 is 0 Å². The van der Waals surface area contributed by atoms with Crippen LogP contribution in [0.2, 0.25) is 0 Å². The molecule has 0 spiro atoms. The van der Waals surface area contributed by atoms with Gasteiger partial charge in [0.15, 0.2) is 0 Å². The van der Waals surface area contributed by atoms with Crippen LogP contribution in [-0.2, 0) is 0 Å². The Labute approximate surface area is 141 Å². The summed E-state index contributed by atoms with van der Waals surface area (Å²) in [5.41, 5.74) is 1.10. The summed E-state index contributed by atoms with van der Waals surface area (Å²) in [4.78, 5) is 19.1. The molecule has 0 saturated carbocycles. The number of hydrogen-bond acceptors (Lipinski definition) is 5. The van der Waals surface area contributed by atoms with Gasteiger partial charge in [0.05, 0.1) is 31.7 Å². The predicted octanol–water partition coefficient (Wildman–Crippen LogP) is 2.95. The normalized spacial score (nSPS) is 13.7. The van der Waals surface area contributed by atoms with E-state index in [4.69, 9.17) is 9.47 Å². The number of carbonyl (C=O) groups excluding carboxylic acids is 1. The molecule has 0 unspecified atom stereocenters. The van der Waals surface area contributed by atoms with Crippen LogP contribution in [0.1, 0.15) is 23.2 Å². The number of nitrogens with one attached hydrogen (secondary N) is 1. The summed E-state index contributed by atoms with van der Waals surface area (Å²) < 4.78 is 10.4. The van der Waals surface area contributed by atoms with Crippen molar-refractivity contribution in [2.24, 2.45) is 0 Å². The van der Waals surface area contributed by atoms with Crippen LogP contribution in [0.25, 0.3) is 0 Å². The number of anilines is 2. The third-order valence-corrected chi connectivity index (χ3v) is 4.09. The summed E-state index contributed by atoms with van der Waals surface area (Å²) in [6.45, 7) is 2.09. The highest BCUT2D eigenvalue weighted by atomic mass is 16.5. The van der Waals surface area contributed by atoms with Gasteiger partial charge in [-0.25, -0.2) is 4.98 Å². The van der Waals surface area contributed by atoms with Crippen molar-refractivity contribution in [2.75, 3.05) is 37.5 Å². The van der Waals surface area contributed by atoms with Crippen molar-refractivity contribution in [1.82, 2.24) is 4.98 Å². The van der Waals surface area contributed by atoms with E-state index >= 15 is 0 Å². The van der Waals surface area contributed by atoms with Gasteiger partial charge >= 0.3 is 0 Å². The molecule has 6 heteroatoms. The smallest absolute Gasteiger partial charge is 0.259 e. The Balaban J connectivity index is 1.72. The quantitative estimate of drug-likeness (QED) is 0.915. The first kappa shape index (κ1) is 16.1. The number of ether oxygens (including phenoxy) is 2. The fourth-order valence-electron chi connectivity index (χ4n) is 2.78. The Morgan fingerprint density at radius 3 is 2.54 bits per heavy atom. The number of carbonyl (C=O) groups is 1. The SMILES string of the molecule is COc1ccc(C(=O)Nc2ccc(N3CCCC3)nc2)c(OC)c1. The molecule has 0 radical (unpaired) electrons. The van der Waals surface area contributed by atoms with Gasteiger partial charge in [0, 0.05) is 19.2 Å². The fourth-order valence-corrected chi connectivity index (χ4v) is 2.78. The molecule has 0 bridgehead atoms. The lowest BCUT2D eigenvalue weighted by atomic mass is 10.1. The molecular formula is C18H21N3O3. The van der Waals surface area contributed by atoms with E-state index in [1.165, 1.54) is 20.0 Å². The maximum absolute atomic E-state index is 12.5. The van der Waals surface area contributed by atoms with Crippen LogP contribution in [0.5, 0.6) is 11.5 Å². The second kappa shape index (κ2) is 7.21. The molecule has 1 aliphatic rings. The van der Waals surface area contributed by atoms with Crippen LogP contribution in [0.15, 0.2) is 36.5 Å². The molecule has 126 valence electrons. The summed E-state index contributed by atoms with van der Waals surface area (Å²) in [5, 5.41) is 2.85. The maximum atomic E-state index is 12.5. The molecular weight excluding hydrogens is 306 g/mol. The van der Waals surface area contributed by atoms with Gasteiger partial charge in [0.2, 0.25) is 0 Å². The van der Waals surface area contributed by atoms with Gasteiger partial charge in [-0.2, -0.15) is 0 Å². The maximum Gasteiger partial charge on any atom is 0.259 e. The van der Waals surface area contributed by atoms with Gasteiger partial charge in [-0.3, -0.25) is 4.79 Å². The Morgan fingerprint density at radius 1 is 1.12 bits per heavy atom. The Hall–Kier alpha value is -2.76. The summed E-state index contributed by atoms with van der Waals surface area (Å²) in [5.74, 6) is 1.81. The minimum atomic E-state index is -0.245. The molecule has 1 aliphatic heterocycles. The predicted molar refractivity (Wildman–Crippen MR) is 93.2 cm³/mol. The summed E-state index contributed by atoms with van der Waals surface area (Å²) in [6.07, 6.45) is 4.09. The topological polar surface area (TPSA) is 63.7 Å². The van der Waals surface area contributed by atoms with E-state index in [-0.39, 0.29) is 5.91 Å². The third-order valence-electron chi connectivity index (χ3n) is 4.09. The van der Waals surface area contributed by atoms with Gasteiger partial charge in [0.25, 0.3) is 5.91 Å². The lowest BCUT2D eigenvalue weighted by Gasteiger charge is -2.16. The number of aromatic nitrogens is 1. The van der Waals surface area contributed by atoms with E-state index in [0.717, 1.165) is 18.9 Å². The molecule has 6 nitrogen and oxygen atoms in total. The molecule has 1 aromatic carbocycles. The minimum absolute atomic E-state index is 0.245. The zero-order chi connectivity index (χ0) is 16.9. The number of rotatable bonds is 5. The van der Waals surface area contributed by atoms with Crippen LogP contribution in [0, 0.1) is 0 Å². The van der Waals surface area contributed by atoms with Crippen molar-refractivity contribution in [3.05, 3.63) is 42.1 Å². The average Bonchev–Trinajstić information content (AvgIpc) is 3.16. The number of benzene rings is 1. The molecule has 0 atom stereocenters. The zero-order valence-corrected chi connectivity index (χ0v) is 13.9. The molecule has 0 aliphatic carbocycles. The first-order valence-corrected chi connectivity index (χ1v) is 7.95. The molecule has 2 aromatic rings. The number of pyridine rings is 1. The van der Waals surface area contributed by atoms with Crippen molar-refractivity contribution in [2.45, 2.75) is 12.8 Å². The van der Waals surface area contributed by atoms with Crippen molar-refractivity contribution >= 4 is 17.4 Å². The first-order chi connectivity index (χ1) is 11.7. The van der Waals surface area contributed by atoms with Crippen molar-refractivity contribution in [1.29, 1.82) is 0 Å². The van der Waals surface area contributed by atoms with Gasteiger partial charge in [-0.15, -0.1) is 0 Å². The Morgan fingerprint density at radius 2 is 1.92 bits per heavy atom. The highest BCUT2D eigenvalue weighted by Crippen LogP contribution is 2.26. The second-order valence-corrected chi connectivity index (χ2v) is 5.62. The summed E-state index contributed by atoms with van der Waals surface area (Å²) >= 11 is 0. The molecule has 1 amide bonds. The average molecular weight is 327 g/mol. The minimum Gasteiger partial charge on any atom is -0.497 e.